The Hall–Kier alpha value is -0.917. The molecule has 242 valence electrons. The molecule has 0 heterocycles. The van der Waals surface area contributed by atoms with Gasteiger partial charge in [0.1, 0.15) is 4.90 Å². The summed E-state index contributed by atoms with van der Waals surface area (Å²) in [5.74, 6) is -1.61. The Morgan fingerprint density at radius 3 is 1.75 bits per heavy atom. The van der Waals surface area contributed by atoms with Gasteiger partial charge in [-0.25, -0.2) is 0 Å². The van der Waals surface area contributed by atoms with E-state index in [1.807, 2.05) is 19.9 Å². The molecular formula is C30H47NaO10S2Zn. The van der Waals surface area contributed by atoms with E-state index in [4.69, 9.17) is 14.0 Å². The fourth-order valence-corrected chi connectivity index (χ4v) is 5.61. The van der Waals surface area contributed by atoms with Crippen LogP contribution in [0.3, 0.4) is 0 Å². The van der Waals surface area contributed by atoms with Crippen LogP contribution >= 0.6 is 0 Å². The zero-order valence-electron chi connectivity index (χ0n) is 25.7. The fraction of sp³-hybridized carbons (Fsp3) is 0.600. The third kappa shape index (κ3) is 17.1. The van der Waals surface area contributed by atoms with Crippen LogP contribution in [-0.4, -0.2) is 85.9 Å². The second-order valence-corrected chi connectivity index (χ2v) is 13.3. The minimum Gasteiger partial charge on any atom is 0 e. The fourth-order valence-electron chi connectivity index (χ4n) is 4.24. The number of hydrogen-bond acceptors (Lipinski definition) is 8. The van der Waals surface area contributed by atoms with Gasteiger partial charge in [0.15, 0.2) is 5.25 Å². The van der Waals surface area contributed by atoms with Crippen molar-refractivity contribution in [2.75, 3.05) is 13.2 Å². The molecule has 2 aromatic rings. The molecule has 0 amide bonds. The quantitative estimate of drug-likeness (QED) is 0.120. The van der Waals surface area contributed by atoms with Gasteiger partial charge >= 0.3 is 41.5 Å². The molecule has 0 bridgehead atoms. The van der Waals surface area contributed by atoms with E-state index in [1.165, 1.54) is 6.07 Å². The van der Waals surface area contributed by atoms with Gasteiger partial charge in [-0.15, -0.1) is 0 Å². The predicted octanol–water partition coefficient (Wildman–Crippen LogP) is 5.59. The van der Waals surface area contributed by atoms with Crippen LogP contribution in [0.15, 0.2) is 47.4 Å². The van der Waals surface area contributed by atoms with Gasteiger partial charge in [0.2, 0.25) is 0 Å². The minimum atomic E-state index is -4.76. The van der Waals surface area contributed by atoms with Crippen LogP contribution in [0.25, 0.3) is 10.8 Å². The third-order valence-electron chi connectivity index (χ3n) is 7.03. The van der Waals surface area contributed by atoms with Gasteiger partial charge in [0.25, 0.3) is 20.2 Å². The summed E-state index contributed by atoms with van der Waals surface area (Å²) in [5.41, 5.74) is 0. The van der Waals surface area contributed by atoms with Gasteiger partial charge in [-0.3, -0.25) is 18.7 Å². The van der Waals surface area contributed by atoms with Crippen molar-refractivity contribution in [2.45, 2.75) is 95.6 Å². The van der Waals surface area contributed by atoms with Crippen molar-refractivity contribution in [1.29, 1.82) is 0 Å². The molecule has 0 aliphatic heterocycles. The molecular weight excluding hydrogens is 673 g/mol. The number of carbonyl (C=O) groups is 2. The van der Waals surface area contributed by atoms with Crippen LogP contribution in [0.2, 0.25) is 0 Å². The van der Waals surface area contributed by atoms with E-state index in [-0.39, 0.29) is 79.0 Å². The van der Waals surface area contributed by atoms with E-state index in [0.29, 0.717) is 5.39 Å². The summed E-state index contributed by atoms with van der Waals surface area (Å²) in [6.07, 6.45) is 6.74. The number of unbranched alkanes of at least 4 members (excludes halogenated alkanes) is 2. The number of rotatable bonds is 17. The van der Waals surface area contributed by atoms with Gasteiger partial charge in [-0.2, -0.15) is 16.8 Å². The first-order chi connectivity index (χ1) is 19.8. The van der Waals surface area contributed by atoms with Crippen molar-refractivity contribution in [2.24, 2.45) is 11.8 Å². The molecule has 10 nitrogen and oxygen atoms in total. The Kier molecular flexibility index (Phi) is 24.1. The van der Waals surface area contributed by atoms with E-state index in [1.54, 1.807) is 30.3 Å². The average Bonchev–Trinajstić information content (AvgIpc) is 2.95. The van der Waals surface area contributed by atoms with E-state index in [0.717, 1.165) is 56.8 Å². The van der Waals surface area contributed by atoms with Gasteiger partial charge < -0.3 is 9.47 Å². The van der Waals surface area contributed by atoms with E-state index >= 15 is 0 Å². The van der Waals surface area contributed by atoms with E-state index in [2.05, 4.69) is 13.8 Å². The van der Waals surface area contributed by atoms with Crippen molar-refractivity contribution >= 4 is 72.5 Å². The van der Waals surface area contributed by atoms with Crippen LogP contribution < -0.4 is 0 Å². The Balaban J connectivity index is 0. The molecule has 0 spiro atoms. The second kappa shape index (κ2) is 23.4. The molecule has 0 saturated heterocycles. The van der Waals surface area contributed by atoms with E-state index in [9.17, 15) is 31.0 Å². The van der Waals surface area contributed by atoms with Gasteiger partial charge in [-0.1, -0.05) is 103 Å². The van der Waals surface area contributed by atoms with Crippen molar-refractivity contribution in [3.63, 3.8) is 0 Å². The first-order valence-corrected chi connectivity index (χ1v) is 17.5. The summed E-state index contributed by atoms with van der Waals surface area (Å²) < 4.78 is 73.7. The van der Waals surface area contributed by atoms with Crippen LogP contribution in [-0.2, 0) is 58.8 Å². The molecule has 0 fully saturated rings. The van der Waals surface area contributed by atoms with Crippen LogP contribution in [0.5, 0.6) is 0 Å². The molecule has 2 N–H and O–H groups in total. The predicted molar refractivity (Wildman–Crippen MR) is 169 cm³/mol. The number of hydrogen-bond donors (Lipinski definition) is 2. The van der Waals surface area contributed by atoms with Crippen molar-refractivity contribution < 1.29 is 64.5 Å². The standard InChI is InChI=1S/C20H38O7S.C10H8O3S.Na.Zn.H/c1-5-9-11-16(7-3)14-26-19(21)13-18(28(23,24)25)20(22)27-15-17(8-4)12-10-6-2;11-14(12,13)10-7-3-5-8-4-1-2-6-9(8)10;;;/h16-18H,5-15H2,1-4H3,(H,23,24,25);1-7H,(H,11,12,13);;;. The number of benzene rings is 2. The summed E-state index contributed by atoms with van der Waals surface area (Å²) in [6, 6.07) is 11.8. The van der Waals surface area contributed by atoms with Crippen molar-refractivity contribution in [1.82, 2.24) is 0 Å². The topological polar surface area (TPSA) is 161 Å². The maximum Gasteiger partial charge on any atom is 0 e. The van der Waals surface area contributed by atoms with Crippen LogP contribution in [0.1, 0.15) is 85.5 Å². The normalized spacial score (nSPS) is 13.2. The molecule has 3 atom stereocenters. The molecule has 3 unspecified atom stereocenters. The SMILES string of the molecule is CCCCC(CC)COC(=O)CC(C(=O)OCC(CC)CCCC)S(=O)(=O)O.O=S(=O)(O)c1cccc2ccccc12.[NaH].[Zn]. The average molecular weight is 720 g/mol. The summed E-state index contributed by atoms with van der Waals surface area (Å²) in [4.78, 5) is 24.2. The third-order valence-corrected chi connectivity index (χ3v) is 9.02. The van der Waals surface area contributed by atoms with Gasteiger partial charge in [-0.05, 0) is 36.1 Å². The first kappa shape index (κ1) is 45.2. The molecule has 44 heavy (non-hydrogen) atoms. The molecule has 0 aliphatic carbocycles. The van der Waals surface area contributed by atoms with Crippen LogP contribution in [0.4, 0.5) is 0 Å². The monoisotopic (exact) mass is 718 g/mol. The molecule has 14 heteroatoms. The van der Waals surface area contributed by atoms with Crippen molar-refractivity contribution in [3.05, 3.63) is 42.5 Å². The number of fused-ring (bicyclic) bond motifs is 1. The van der Waals surface area contributed by atoms with Gasteiger partial charge in [0, 0.05) is 24.9 Å². The van der Waals surface area contributed by atoms with Crippen LogP contribution in [0, 0.1) is 11.8 Å². The van der Waals surface area contributed by atoms with Crippen molar-refractivity contribution in [3.8, 4) is 0 Å². The maximum absolute atomic E-state index is 12.2. The molecule has 0 radical (unpaired) electrons. The summed E-state index contributed by atoms with van der Waals surface area (Å²) in [6.45, 7) is 8.35. The maximum atomic E-state index is 12.2. The Morgan fingerprint density at radius 2 is 1.27 bits per heavy atom. The Bertz CT molecular complexity index is 1330. The molecule has 0 saturated carbocycles. The zero-order valence-corrected chi connectivity index (χ0v) is 30.3. The van der Waals surface area contributed by atoms with Gasteiger partial charge in [0.05, 0.1) is 19.6 Å². The summed E-state index contributed by atoms with van der Waals surface area (Å²) in [5, 5.41) is -0.612. The Morgan fingerprint density at radius 1 is 0.773 bits per heavy atom. The molecule has 0 aliphatic rings. The van der Waals surface area contributed by atoms with E-state index < -0.39 is 43.8 Å². The zero-order chi connectivity index (χ0) is 31.8. The number of ether oxygens (including phenoxy) is 2. The smallest absolute Gasteiger partial charge is 0 e. The first-order valence-electron chi connectivity index (χ1n) is 14.5. The number of esters is 2. The Labute approximate surface area is 298 Å². The largest absolute Gasteiger partial charge is 0 e. The molecule has 2 rings (SSSR count). The number of carbonyl (C=O) groups excluding carboxylic acids is 2. The molecule has 2 aromatic carbocycles. The second-order valence-electron chi connectivity index (χ2n) is 10.3. The summed E-state index contributed by atoms with van der Waals surface area (Å²) >= 11 is 0. The minimum absolute atomic E-state index is 0. The summed E-state index contributed by atoms with van der Waals surface area (Å²) in [7, 11) is -8.89. The molecule has 0 aromatic heterocycles.